The largest absolute Gasteiger partial charge is 0.313 e. The highest BCUT2D eigenvalue weighted by molar-refractivity contribution is 5.37. The highest BCUT2D eigenvalue weighted by Crippen LogP contribution is 2.10. The number of halogens is 1. The van der Waals surface area contributed by atoms with Crippen molar-refractivity contribution in [1.82, 2.24) is 20.3 Å². The molecule has 0 aliphatic carbocycles. The number of hydrogen-bond acceptors (Lipinski definition) is 4. The van der Waals surface area contributed by atoms with Gasteiger partial charge in [-0.3, -0.25) is 4.68 Å². The van der Waals surface area contributed by atoms with Crippen LogP contribution < -0.4 is 5.32 Å². The summed E-state index contributed by atoms with van der Waals surface area (Å²) in [5.74, 6) is -0.321. The van der Waals surface area contributed by atoms with Crippen LogP contribution in [0.25, 0.3) is 0 Å². The maximum Gasteiger partial charge on any atom is 0.123 e. The van der Waals surface area contributed by atoms with Crippen LogP contribution in [0.2, 0.25) is 0 Å². The van der Waals surface area contributed by atoms with Crippen LogP contribution in [0.5, 0.6) is 0 Å². The molecule has 0 radical (unpaired) electrons. The maximum absolute atomic E-state index is 13.1. The van der Waals surface area contributed by atoms with Gasteiger partial charge in [-0.1, -0.05) is 5.21 Å². The molecule has 1 N–H and O–H groups in total. The van der Waals surface area contributed by atoms with Crippen LogP contribution in [0.3, 0.4) is 0 Å². The van der Waals surface area contributed by atoms with Crippen molar-refractivity contribution in [3.63, 3.8) is 0 Å². The van der Waals surface area contributed by atoms with Crippen molar-refractivity contribution in [3.8, 4) is 6.07 Å². The highest BCUT2D eigenvalue weighted by Gasteiger charge is 2.03. The van der Waals surface area contributed by atoms with Gasteiger partial charge in [-0.25, -0.2) is 4.39 Å². The predicted molar refractivity (Wildman–Crippen MR) is 67.5 cm³/mol. The summed E-state index contributed by atoms with van der Waals surface area (Å²) in [6.07, 6.45) is 4.33. The Hall–Kier alpha value is -2.26. The van der Waals surface area contributed by atoms with Gasteiger partial charge in [-0.2, -0.15) is 5.26 Å². The van der Waals surface area contributed by atoms with Crippen molar-refractivity contribution >= 4 is 0 Å². The molecule has 0 spiro atoms. The predicted octanol–water partition coefficient (Wildman–Crippen LogP) is 1.47. The number of nitriles is 1. The molecule has 0 bridgehead atoms. The quantitative estimate of drug-likeness (QED) is 0.798. The van der Waals surface area contributed by atoms with E-state index in [-0.39, 0.29) is 5.82 Å². The summed E-state index contributed by atoms with van der Waals surface area (Å²) in [6.45, 7) is 2.03. The van der Waals surface area contributed by atoms with Gasteiger partial charge in [-0.15, -0.1) is 5.10 Å². The van der Waals surface area contributed by atoms with E-state index in [1.54, 1.807) is 17.1 Å². The van der Waals surface area contributed by atoms with Crippen LogP contribution in [0.15, 0.2) is 30.6 Å². The molecular formula is C13H14FN5. The summed E-state index contributed by atoms with van der Waals surface area (Å²) >= 11 is 0. The molecule has 1 aromatic heterocycles. The van der Waals surface area contributed by atoms with E-state index in [4.69, 9.17) is 5.26 Å². The third-order valence-electron chi connectivity index (χ3n) is 2.72. The number of rotatable bonds is 6. The van der Waals surface area contributed by atoms with E-state index in [9.17, 15) is 4.39 Å². The van der Waals surface area contributed by atoms with E-state index in [2.05, 4.69) is 21.7 Å². The van der Waals surface area contributed by atoms with Crippen molar-refractivity contribution < 1.29 is 4.39 Å². The molecule has 0 amide bonds. The summed E-state index contributed by atoms with van der Waals surface area (Å²) in [4.78, 5) is 0. The monoisotopic (exact) mass is 259 g/mol. The first-order valence-corrected chi connectivity index (χ1v) is 6.03. The van der Waals surface area contributed by atoms with Gasteiger partial charge in [-0.05, 0) is 36.7 Å². The minimum atomic E-state index is -0.321. The Morgan fingerprint density at radius 1 is 1.42 bits per heavy atom. The van der Waals surface area contributed by atoms with E-state index >= 15 is 0 Å². The van der Waals surface area contributed by atoms with Crippen LogP contribution >= 0.6 is 0 Å². The Kier molecular flexibility index (Phi) is 4.59. The van der Waals surface area contributed by atoms with Crippen LogP contribution in [0.4, 0.5) is 4.39 Å². The molecule has 2 rings (SSSR count). The fourth-order valence-corrected chi connectivity index (χ4v) is 1.76. The van der Waals surface area contributed by atoms with Crippen LogP contribution in [0, 0.1) is 17.1 Å². The third-order valence-corrected chi connectivity index (χ3v) is 2.72. The number of aryl methyl sites for hydroxylation is 1. The standard InChI is InChI=1S/C13H14FN5/c14-13-3-2-11(9-15)12(8-13)10-16-4-1-6-19-7-5-17-18-19/h2-3,5,7-8,16H,1,4,6,10H2. The normalized spacial score (nSPS) is 10.3. The van der Waals surface area contributed by atoms with E-state index in [1.807, 2.05) is 0 Å². The molecule has 0 aliphatic rings. The zero-order valence-electron chi connectivity index (χ0n) is 10.4. The second kappa shape index (κ2) is 6.61. The Morgan fingerprint density at radius 2 is 2.32 bits per heavy atom. The Labute approximate surface area is 110 Å². The molecule has 1 heterocycles. The van der Waals surface area contributed by atoms with Gasteiger partial charge in [0.05, 0.1) is 17.8 Å². The number of benzene rings is 1. The van der Waals surface area contributed by atoms with Gasteiger partial charge in [0.2, 0.25) is 0 Å². The van der Waals surface area contributed by atoms with E-state index in [1.165, 1.54) is 18.2 Å². The number of nitrogens with zero attached hydrogens (tertiary/aromatic N) is 4. The molecular weight excluding hydrogens is 245 g/mol. The summed E-state index contributed by atoms with van der Waals surface area (Å²) in [6, 6.07) is 6.25. The number of nitrogens with one attached hydrogen (secondary N) is 1. The van der Waals surface area contributed by atoms with E-state index < -0.39 is 0 Å². The lowest BCUT2D eigenvalue weighted by atomic mass is 10.1. The Balaban J connectivity index is 1.76. The summed E-state index contributed by atoms with van der Waals surface area (Å²) in [7, 11) is 0. The fraction of sp³-hybridized carbons (Fsp3) is 0.308. The average molecular weight is 259 g/mol. The third kappa shape index (κ3) is 3.86. The van der Waals surface area contributed by atoms with Crippen molar-refractivity contribution in [2.24, 2.45) is 0 Å². The zero-order chi connectivity index (χ0) is 13.5. The van der Waals surface area contributed by atoms with Gasteiger partial charge < -0.3 is 5.32 Å². The summed E-state index contributed by atoms with van der Waals surface area (Å²) in [5.41, 5.74) is 1.19. The van der Waals surface area contributed by atoms with Crippen molar-refractivity contribution in [1.29, 1.82) is 5.26 Å². The smallest absolute Gasteiger partial charge is 0.123 e. The van der Waals surface area contributed by atoms with Crippen molar-refractivity contribution in [2.45, 2.75) is 19.5 Å². The SMILES string of the molecule is N#Cc1ccc(F)cc1CNCCCn1ccnn1. The lowest BCUT2D eigenvalue weighted by Crippen LogP contribution is -2.17. The molecule has 0 saturated heterocycles. The minimum absolute atomic E-state index is 0.321. The van der Waals surface area contributed by atoms with Gasteiger partial charge in [0, 0.05) is 19.3 Å². The fourth-order valence-electron chi connectivity index (χ4n) is 1.76. The van der Waals surface area contributed by atoms with Crippen LogP contribution in [-0.4, -0.2) is 21.5 Å². The molecule has 0 aliphatic heterocycles. The molecule has 0 saturated carbocycles. The topological polar surface area (TPSA) is 66.5 Å². The second-order valence-corrected chi connectivity index (χ2v) is 4.11. The maximum atomic E-state index is 13.1. The van der Waals surface area contributed by atoms with Gasteiger partial charge in [0.25, 0.3) is 0 Å². The molecule has 6 heteroatoms. The second-order valence-electron chi connectivity index (χ2n) is 4.11. The van der Waals surface area contributed by atoms with Crippen molar-refractivity contribution in [2.75, 3.05) is 6.54 Å². The first kappa shape index (κ1) is 13.2. The summed E-state index contributed by atoms with van der Waals surface area (Å²) < 4.78 is 14.8. The molecule has 19 heavy (non-hydrogen) atoms. The molecule has 0 unspecified atom stereocenters. The minimum Gasteiger partial charge on any atom is -0.313 e. The van der Waals surface area contributed by atoms with E-state index in [0.717, 1.165) is 19.5 Å². The Morgan fingerprint density at radius 3 is 3.05 bits per heavy atom. The molecule has 2 aromatic rings. The molecule has 5 nitrogen and oxygen atoms in total. The molecule has 0 fully saturated rings. The van der Waals surface area contributed by atoms with Crippen LogP contribution in [-0.2, 0) is 13.1 Å². The van der Waals surface area contributed by atoms with Gasteiger partial charge in [0.15, 0.2) is 0 Å². The lowest BCUT2D eigenvalue weighted by molar-refractivity contribution is 0.529. The first-order valence-electron chi connectivity index (χ1n) is 6.03. The average Bonchev–Trinajstić information content (AvgIpc) is 2.92. The first-order chi connectivity index (χ1) is 9.29. The number of aromatic nitrogens is 3. The van der Waals surface area contributed by atoms with Gasteiger partial charge >= 0.3 is 0 Å². The Bertz CT molecular complexity index is 559. The van der Waals surface area contributed by atoms with Gasteiger partial charge in [0.1, 0.15) is 5.82 Å². The number of hydrogen-bond donors (Lipinski definition) is 1. The molecule has 1 aromatic carbocycles. The molecule has 98 valence electrons. The summed E-state index contributed by atoms with van der Waals surface area (Å²) in [5, 5.41) is 19.7. The van der Waals surface area contributed by atoms with Crippen LogP contribution in [0.1, 0.15) is 17.5 Å². The molecule has 0 atom stereocenters. The van der Waals surface area contributed by atoms with Crippen molar-refractivity contribution in [3.05, 3.63) is 47.5 Å². The lowest BCUT2D eigenvalue weighted by Gasteiger charge is -2.06. The zero-order valence-corrected chi connectivity index (χ0v) is 10.4. The van der Waals surface area contributed by atoms with E-state index in [0.29, 0.717) is 17.7 Å². The highest BCUT2D eigenvalue weighted by atomic mass is 19.1.